The van der Waals surface area contributed by atoms with Gasteiger partial charge in [0.25, 0.3) is 5.91 Å². The molecule has 11 heteroatoms. The van der Waals surface area contributed by atoms with E-state index in [9.17, 15) is 26.4 Å². The molecule has 1 N–H and O–H groups in total. The molecule has 2 atom stereocenters. The predicted molar refractivity (Wildman–Crippen MR) is 166 cm³/mol. The van der Waals surface area contributed by atoms with Crippen molar-refractivity contribution in [3.8, 4) is 0 Å². The van der Waals surface area contributed by atoms with E-state index in [0.717, 1.165) is 54.6 Å². The molecule has 242 valence electrons. The lowest BCUT2D eigenvalue weighted by atomic mass is 9.86. The molecule has 2 aliphatic heterocycles. The van der Waals surface area contributed by atoms with Crippen molar-refractivity contribution in [2.75, 3.05) is 37.0 Å². The van der Waals surface area contributed by atoms with Gasteiger partial charge in [-0.3, -0.25) is 4.79 Å². The second kappa shape index (κ2) is 14.3. The van der Waals surface area contributed by atoms with Crippen molar-refractivity contribution in [1.29, 1.82) is 0 Å². The number of nitrogens with zero attached hydrogens (tertiary/aromatic N) is 1. The average Bonchev–Trinajstić information content (AvgIpc) is 3.06. The smallest absolute Gasteiger partial charge is 0.381 e. The molecule has 3 aromatic rings. The van der Waals surface area contributed by atoms with Crippen molar-refractivity contribution in [3.63, 3.8) is 0 Å². The van der Waals surface area contributed by atoms with E-state index in [4.69, 9.17) is 9.47 Å². The van der Waals surface area contributed by atoms with Crippen LogP contribution >= 0.6 is 0 Å². The van der Waals surface area contributed by atoms with E-state index in [0.29, 0.717) is 31.9 Å². The van der Waals surface area contributed by atoms with Crippen LogP contribution in [0.25, 0.3) is 0 Å². The quantitative estimate of drug-likeness (QED) is 0.276. The molecule has 0 aromatic heterocycles. The van der Waals surface area contributed by atoms with Crippen LogP contribution in [0.1, 0.15) is 65.6 Å². The molecule has 7 nitrogen and oxygen atoms in total. The van der Waals surface area contributed by atoms with Crippen molar-refractivity contribution in [2.24, 2.45) is 0 Å². The molecule has 2 fully saturated rings. The topological polar surface area (TPSA) is 84.9 Å². The van der Waals surface area contributed by atoms with Crippen LogP contribution in [0.2, 0.25) is 0 Å². The summed E-state index contributed by atoms with van der Waals surface area (Å²) in [6, 6.07) is 19.3. The van der Waals surface area contributed by atoms with E-state index in [1.165, 1.54) is 0 Å². The highest BCUT2D eigenvalue weighted by molar-refractivity contribution is 7.91. The Kier molecular flexibility index (Phi) is 10.5. The van der Waals surface area contributed by atoms with Crippen LogP contribution < -0.4 is 10.2 Å². The number of rotatable bonds is 10. The summed E-state index contributed by atoms with van der Waals surface area (Å²) in [5.41, 5.74) is 2.39. The van der Waals surface area contributed by atoms with Gasteiger partial charge in [0.15, 0.2) is 9.84 Å². The van der Waals surface area contributed by atoms with Gasteiger partial charge in [-0.2, -0.15) is 13.2 Å². The molecule has 2 heterocycles. The first kappa shape index (κ1) is 33.0. The number of piperidine rings is 1. The van der Waals surface area contributed by atoms with E-state index < -0.39 is 21.6 Å². The van der Waals surface area contributed by atoms with Gasteiger partial charge in [-0.15, -0.1) is 0 Å². The van der Waals surface area contributed by atoms with Crippen molar-refractivity contribution in [2.45, 2.75) is 68.3 Å². The van der Waals surface area contributed by atoms with E-state index in [-0.39, 0.29) is 41.2 Å². The number of amides is 1. The SMILES string of the molecule is CCS(=O)(=O)c1ccc(CNC(=O)c2ccc(N3CC(c4ccc(C(F)(F)F)cc4)CC[C@H]3COC3CCOCC3)cc2)cc1. The van der Waals surface area contributed by atoms with Gasteiger partial charge in [-0.1, -0.05) is 31.2 Å². The molecular formula is C34H39F3N2O5S. The lowest BCUT2D eigenvalue weighted by Crippen LogP contribution is -2.46. The van der Waals surface area contributed by atoms with Gasteiger partial charge in [0.1, 0.15) is 0 Å². The fourth-order valence-corrected chi connectivity index (χ4v) is 6.78. The summed E-state index contributed by atoms with van der Waals surface area (Å²) in [7, 11) is -3.29. The van der Waals surface area contributed by atoms with Gasteiger partial charge < -0.3 is 19.7 Å². The lowest BCUT2D eigenvalue weighted by molar-refractivity contribution is -0.137. The molecule has 2 saturated heterocycles. The highest BCUT2D eigenvalue weighted by atomic mass is 32.2. The first-order chi connectivity index (χ1) is 21.5. The molecule has 45 heavy (non-hydrogen) atoms. The Morgan fingerprint density at radius 3 is 2.22 bits per heavy atom. The van der Waals surface area contributed by atoms with E-state index in [2.05, 4.69) is 10.2 Å². The Balaban J connectivity index is 1.26. The van der Waals surface area contributed by atoms with E-state index in [1.54, 1.807) is 55.5 Å². The number of hydrogen-bond acceptors (Lipinski definition) is 6. The molecule has 1 amide bonds. The Morgan fingerprint density at radius 1 is 0.933 bits per heavy atom. The Bertz CT molecular complexity index is 1520. The number of benzene rings is 3. The summed E-state index contributed by atoms with van der Waals surface area (Å²) in [4.78, 5) is 15.4. The summed E-state index contributed by atoms with van der Waals surface area (Å²) >= 11 is 0. The first-order valence-corrected chi connectivity index (χ1v) is 17.0. The third kappa shape index (κ3) is 8.45. The third-order valence-corrected chi connectivity index (χ3v) is 10.4. The van der Waals surface area contributed by atoms with Crippen LogP contribution in [0.5, 0.6) is 0 Å². The monoisotopic (exact) mass is 644 g/mol. The maximum atomic E-state index is 13.1. The van der Waals surface area contributed by atoms with Crippen LogP contribution in [0.4, 0.5) is 18.9 Å². The molecule has 2 aliphatic rings. The number of hydrogen-bond donors (Lipinski definition) is 1. The molecule has 0 radical (unpaired) electrons. The van der Waals surface area contributed by atoms with Gasteiger partial charge in [0, 0.05) is 43.5 Å². The molecule has 0 spiro atoms. The van der Waals surface area contributed by atoms with Gasteiger partial charge in [0.2, 0.25) is 0 Å². The Morgan fingerprint density at radius 2 is 1.60 bits per heavy atom. The van der Waals surface area contributed by atoms with Crippen molar-refractivity contribution < 1.29 is 35.9 Å². The van der Waals surface area contributed by atoms with Gasteiger partial charge in [-0.05, 0) is 85.3 Å². The highest BCUT2D eigenvalue weighted by Gasteiger charge is 2.33. The molecule has 5 rings (SSSR count). The number of carbonyl (C=O) groups excluding carboxylic acids is 1. The highest BCUT2D eigenvalue weighted by Crippen LogP contribution is 2.36. The minimum absolute atomic E-state index is 0.0237. The minimum atomic E-state index is -4.37. The number of nitrogens with one attached hydrogen (secondary N) is 1. The van der Waals surface area contributed by atoms with Crippen LogP contribution in [0.3, 0.4) is 0 Å². The number of carbonyl (C=O) groups is 1. The van der Waals surface area contributed by atoms with Crippen LogP contribution in [0.15, 0.2) is 77.7 Å². The van der Waals surface area contributed by atoms with Crippen molar-refractivity contribution in [1.82, 2.24) is 5.32 Å². The summed E-state index contributed by atoms with van der Waals surface area (Å²) in [6.07, 6.45) is -0.878. The lowest BCUT2D eigenvalue weighted by Gasteiger charge is -2.42. The molecular weight excluding hydrogens is 605 g/mol. The second-order valence-corrected chi connectivity index (χ2v) is 13.9. The Labute approximate surface area is 262 Å². The largest absolute Gasteiger partial charge is 0.416 e. The van der Waals surface area contributed by atoms with Gasteiger partial charge in [0.05, 0.1) is 35.0 Å². The van der Waals surface area contributed by atoms with Crippen LogP contribution in [-0.2, 0) is 32.0 Å². The molecule has 0 saturated carbocycles. The zero-order chi connectivity index (χ0) is 32.0. The van der Waals surface area contributed by atoms with Crippen LogP contribution in [0, 0.1) is 0 Å². The average molecular weight is 645 g/mol. The third-order valence-electron chi connectivity index (χ3n) is 8.68. The zero-order valence-corrected chi connectivity index (χ0v) is 26.1. The molecule has 1 unspecified atom stereocenters. The van der Waals surface area contributed by atoms with Crippen molar-refractivity contribution >= 4 is 21.4 Å². The molecule has 0 bridgehead atoms. The summed E-state index contributed by atoms with van der Waals surface area (Å²) in [5.74, 6) is -0.184. The van der Waals surface area contributed by atoms with E-state index in [1.807, 2.05) is 12.1 Å². The fourth-order valence-electron chi connectivity index (χ4n) is 5.89. The predicted octanol–water partition coefficient (Wildman–Crippen LogP) is 6.38. The van der Waals surface area contributed by atoms with Gasteiger partial charge >= 0.3 is 6.18 Å². The summed E-state index contributed by atoms with van der Waals surface area (Å²) in [5, 5.41) is 2.88. The molecule has 0 aliphatic carbocycles. The molecule has 3 aromatic carbocycles. The Hall–Kier alpha value is -3.41. The number of sulfone groups is 1. The summed E-state index contributed by atoms with van der Waals surface area (Å²) < 4.78 is 75.3. The first-order valence-electron chi connectivity index (χ1n) is 15.4. The standard InChI is InChI=1S/C34H39F3N2O5S/c1-2-45(41,42)32-15-3-24(4-16-32)21-38-33(40)26-7-12-29(13-8-26)39-22-27(25-5-10-28(11-6-25)34(35,36)37)9-14-30(39)23-44-31-17-19-43-20-18-31/h3-8,10-13,15-16,27,30-31H,2,9,14,17-23H2,1H3,(H,38,40)/t27?,30-/m0/s1. The van der Waals surface area contributed by atoms with E-state index >= 15 is 0 Å². The maximum absolute atomic E-state index is 13.1. The second-order valence-electron chi connectivity index (χ2n) is 11.6. The zero-order valence-electron chi connectivity index (χ0n) is 25.3. The normalized spacial score (nSPS) is 19.8. The van der Waals surface area contributed by atoms with Gasteiger partial charge in [-0.25, -0.2) is 8.42 Å². The fraction of sp³-hybridized carbons (Fsp3) is 0.441. The van der Waals surface area contributed by atoms with Crippen LogP contribution in [-0.4, -0.2) is 58.6 Å². The van der Waals surface area contributed by atoms with Crippen molar-refractivity contribution in [3.05, 3.63) is 95.1 Å². The maximum Gasteiger partial charge on any atom is 0.416 e. The minimum Gasteiger partial charge on any atom is -0.381 e. The number of ether oxygens (including phenoxy) is 2. The number of halogens is 3. The number of anilines is 1. The number of alkyl halides is 3. The summed E-state index contributed by atoms with van der Waals surface area (Å²) in [6.45, 7) is 4.36.